The Balaban J connectivity index is 1.83. The molecule has 12 nitrogen and oxygen atoms in total. The van der Waals surface area contributed by atoms with Crippen LogP contribution in [0.1, 0.15) is 27.6 Å². The molecule has 4 aromatic rings. The third kappa shape index (κ3) is 4.51. The fourth-order valence-electron chi connectivity index (χ4n) is 3.55. The number of rotatable bonds is 8. The molecule has 0 saturated carbocycles. The summed E-state index contributed by atoms with van der Waals surface area (Å²) in [6.07, 6.45) is 1.23. The SMILES string of the molecule is CCOC(=O)c1cnn(-c2ccc3ccccc3n2)c1NC(=O)c1cc(OC)c(OC)cc1[N+](=O)[O-]. The van der Waals surface area contributed by atoms with Gasteiger partial charge < -0.3 is 19.5 Å². The van der Waals surface area contributed by atoms with E-state index in [-0.39, 0.29) is 35.1 Å². The highest BCUT2D eigenvalue weighted by atomic mass is 16.6. The van der Waals surface area contributed by atoms with Gasteiger partial charge in [-0.05, 0) is 25.1 Å². The van der Waals surface area contributed by atoms with Crippen molar-refractivity contribution in [2.45, 2.75) is 6.92 Å². The molecular weight excluding hydrogens is 470 g/mol. The van der Waals surface area contributed by atoms with Crippen LogP contribution in [0, 0.1) is 10.1 Å². The van der Waals surface area contributed by atoms with Crippen LogP contribution in [-0.4, -0.2) is 52.4 Å². The number of carbonyl (C=O) groups excluding carboxylic acids is 2. The van der Waals surface area contributed by atoms with Crippen molar-refractivity contribution in [3.63, 3.8) is 0 Å². The van der Waals surface area contributed by atoms with Gasteiger partial charge in [0.25, 0.3) is 11.6 Å². The Morgan fingerprint density at radius 3 is 2.47 bits per heavy atom. The van der Waals surface area contributed by atoms with Crippen LogP contribution in [0.3, 0.4) is 0 Å². The van der Waals surface area contributed by atoms with Crippen LogP contribution in [-0.2, 0) is 4.74 Å². The van der Waals surface area contributed by atoms with Gasteiger partial charge in [-0.2, -0.15) is 9.78 Å². The number of nitrogens with one attached hydrogen (secondary N) is 1. The number of ether oxygens (including phenoxy) is 3. The number of para-hydroxylation sites is 1. The van der Waals surface area contributed by atoms with Crippen molar-refractivity contribution < 1.29 is 28.7 Å². The van der Waals surface area contributed by atoms with Crippen LogP contribution < -0.4 is 14.8 Å². The van der Waals surface area contributed by atoms with Crippen LogP contribution in [0.5, 0.6) is 11.5 Å². The van der Waals surface area contributed by atoms with Gasteiger partial charge in [0.05, 0.1) is 43.5 Å². The number of amides is 1. The minimum atomic E-state index is -0.879. The first-order valence-corrected chi connectivity index (χ1v) is 10.7. The van der Waals surface area contributed by atoms with Crippen molar-refractivity contribution in [1.29, 1.82) is 0 Å². The van der Waals surface area contributed by atoms with Crippen molar-refractivity contribution >= 4 is 34.3 Å². The van der Waals surface area contributed by atoms with Gasteiger partial charge in [0.1, 0.15) is 11.1 Å². The summed E-state index contributed by atoms with van der Waals surface area (Å²) in [5, 5.41) is 19.4. The van der Waals surface area contributed by atoms with E-state index in [9.17, 15) is 19.7 Å². The number of nitro groups is 1. The Hall–Kier alpha value is -5.00. The lowest BCUT2D eigenvalue weighted by atomic mass is 10.1. The van der Waals surface area contributed by atoms with Crippen LogP contribution in [0.2, 0.25) is 0 Å². The van der Waals surface area contributed by atoms with Gasteiger partial charge in [-0.15, -0.1) is 0 Å². The molecule has 0 saturated heterocycles. The van der Waals surface area contributed by atoms with E-state index in [0.29, 0.717) is 11.3 Å². The molecule has 1 amide bonds. The molecule has 1 N–H and O–H groups in total. The molecule has 0 aliphatic carbocycles. The number of hydrogen-bond acceptors (Lipinski definition) is 9. The van der Waals surface area contributed by atoms with Gasteiger partial charge in [0, 0.05) is 11.5 Å². The number of fused-ring (bicyclic) bond motifs is 1. The molecule has 0 aliphatic rings. The molecule has 0 radical (unpaired) electrons. The molecule has 36 heavy (non-hydrogen) atoms. The lowest BCUT2D eigenvalue weighted by Crippen LogP contribution is -2.19. The number of pyridine rings is 1. The average molecular weight is 491 g/mol. The normalized spacial score (nSPS) is 10.6. The number of methoxy groups -OCH3 is 2. The Bertz CT molecular complexity index is 1480. The van der Waals surface area contributed by atoms with Gasteiger partial charge in [-0.25, -0.2) is 9.78 Å². The standard InChI is InChI=1S/C24H21N5O7/c1-4-36-24(31)16-13-25-28(21-10-9-14-7-5-6-8-17(14)26-21)22(16)27-23(30)15-11-19(34-2)20(35-3)12-18(15)29(32)33/h5-13H,4H2,1-3H3,(H,27,30). The van der Waals surface area contributed by atoms with Gasteiger partial charge in [-0.3, -0.25) is 14.9 Å². The van der Waals surface area contributed by atoms with Gasteiger partial charge in [0.15, 0.2) is 23.1 Å². The molecule has 0 unspecified atom stereocenters. The summed E-state index contributed by atoms with van der Waals surface area (Å²) in [4.78, 5) is 41.4. The van der Waals surface area contributed by atoms with Gasteiger partial charge in [0.2, 0.25) is 0 Å². The molecule has 0 bridgehead atoms. The first kappa shape index (κ1) is 24.1. The zero-order chi connectivity index (χ0) is 25.8. The Kier molecular flexibility index (Phi) is 6.77. The first-order valence-electron chi connectivity index (χ1n) is 10.7. The second-order valence-corrected chi connectivity index (χ2v) is 7.34. The predicted molar refractivity (Wildman–Crippen MR) is 129 cm³/mol. The Morgan fingerprint density at radius 1 is 1.06 bits per heavy atom. The molecule has 0 fully saturated rings. The molecule has 0 spiro atoms. The summed E-state index contributed by atoms with van der Waals surface area (Å²) in [5.41, 5.74) is -0.219. The van der Waals surface area contributed by atoms with E-state index < -0.39 is 22.5 Å². The van der Waals surface area contributed by atoms with Crippen LogP contribution in [0.25, 0.3) is 16.7 Å². The second-order valence-electron chi connectivity index (χ2n) is 7.34. The van der Waals surface area contributed by atoms with Crippen LogP contribution in [0.15, 0.2) is 54.7 Å². The van der Waals surface area contributed by atoms with E-state index in [2.05, 4.69) is 15.4 Å². The number of aromatic nitrogens is 3. The van der Waals surface area contributed by atoms with E-state index in [1.54, 1.807) is 19.1 Å². The van der Waals surface area contributed by atoms with Crippen molar-refractivity contribution in [1.82, 2.24) is 14.8 Å². The van der Waals surface area contributed by atoms with E-state index in [1.165, 1.54) is 31.2 Å². The van der Waals surface area contributed by atoms with E-state index in [0.717, 1.165) is 11.5 Å². The van der Waals surface area contributed by atoms with E-state index >= 15 is 0 Å². The van der Waals surface area contributed by atoms with Gasteiger partial charge in [-0.1, -0.05) is 18.2 Å². The first-order chi connectivity index (χ1) is 17.4. The molecule has 0 atom stereocenters. The second kappa shape index (κ2) is 10.1. The summed E-state index contributed by atoms with van der Waals surface area (Å²) in [7, 11) is 2.66. The molecular formula is C24H21N5O7. The molecule has 4 rings (SSSR count). The highest BCUT2D eigenvalue weighted by Gasteiger charge is 2.28. The van der Waals surface area contributed by atoms with E-state index in [1.807, 2.05) is 24.3 Å². The van der Waals surface area contributed by atoms with Crippen molar-refractivity contribution in [3.8, 4) is 17.3 Å². The number of carbonyl (C=O) groups is 2. The summed E-state index contributed by atoms with van der Waals surface area (Å²) in [6, 6.07) is 13.1. The molecule has 12 heteroatoms. The van der Waals surface area contributed by atoms with Crippen LogP contribution >= 0.6 is 0 Å². The Labute approximate surface area is 204 Å². The zero-order valence-corrected chi connectivity index (χ0v) is 19.5. The number of benzene rings is 2. The maximum absolute atomic E-state index is 13.3. The lowest BCUT2D eigenvalue weighted by Gasteiger charge is -2.13. The number of anilines is 1. The summed E-state index contributed by atoms with van der Waals surface area (Å²) in [5.74, 6) is -1.17. The topological polar surface area (TPSA) is 148 Å². The monoisotopic (exact) mass is 491 g/mol. The molecule has 2 aromatic heterocycles. The third-order valence-electron chi connectivity index (χ3n) is 5.24. The largest absolute Gasteiger partial charge is 0.493 e. The van der Waals surface area contributed by atoms with Crippen molar-refractivity contribution in [2.75, 3.05) is 26.1 Å². The number of nitrogens with zero attached hydrogens (tertiary/aromatic N) is 4. The maximum Gasteiger partial charge on any atom is 0.343 e. The van der Waals surface area contributed by atoms with E-state index in [4.69, 9.17) is 14.2 Å². The predicted octanol–water partition coefficient (Wildman–Crippen LogP) is 3.77. The highest BCUT2D eigenvalue weighted by molar-refractivity contribution is 6.10. The number of nitro benzene ring substituents is 1. The Morgan fingerprint density at radius 2 is 1.78 bits per heavy atom. The quantitative estimate of drug-likeness (QED) is 0.221. The van der Waals surface area contributed by atoms with Crippen molar-refractivity contribution in [3.05, 3.63) is 76.0 Å². The van der Waals surface area contributed by atoms with Crippen LogP contribution in [0.4, 0.5) is 11.5 Å². The molecule has 0 aliphatic heterocycles. The highest BCUT2D eigenvalue weighted by Crippen LogP contribution is 2.35. The molecule has 2 aromatic carbocycles. The molecule has 184 valence electrons. The lowest BCUT2D eigenvalue weighted by molar-refractivity contribution is -0.385. The maximum atomic E-state index is 13.3. The fraction of sp³-hybridized carbons (Fsp3) is 0.167. The van der Waals surface area contributed by atoms with Crippen molar-refractivity contribution in [2.24, 2.45) is 0 Å². The average Bonchev–Trinajstić information content (AvgIpc) is 3.30. The number of hydrogen-bond donors (Lipinski definition) is 1. The summed E-state index contributed by atoms with van der Waals surface area (Å²) < 4.78 is 16.7. The zero-order valence-electron chi connectivity index (χ0n) is 19.5. The molecule has 2 heterocycles. The minimum absolute atomic E-state index is 0.0525. The van der Waals surface area contributed by atoms with Gasteiger partial charge >= 0.3 is 5.97 Å². The summed E-state index contributed by atoms with van der Waals surface area (Å²) >= 11 is 0. The summed E-state index contributed by atoms with van der Waals surface area (Å²) in [6.45, 7) is 1.73. The fourth-order valence-corrected chi connectivity index (χ4v) is 3.55. The third-order valence-corrected chi connectivity index (χ3v) is 5.24. The minimum Gasteiger partial charge on any atom is -0.493 e. The number of esters is 1. The smallest absolute Gasteiger partial charge is 0.343 e.